The number of fused-ring (bicyclic) bond motifs is 1. The molecule has 0 bridgehead atoms. The second-order valence-electron chi connectivity index (χ2n) is 8.49. The summed E-state index contributed by atoms with van der Waals surface area (Å²) in [5, 5.41) is 0. The number of benzene rings is 2. The molecule has 32 heavy (non-hydrogen) atoms. The standard InChI is InChI=1S/C26H26FN3O2/c1-17-15-29(16-28-17)24-10-8-18(14-25(24)32-2)13-19-5-4-12-30(26(19)31)23-11-9-20-21(23)6-3-7-22(20)27/h3,6-8,10,13-16,23H,4-5,9,11-12H2,1-2H3/b19-13+/t23-/m1/s1. The van der Waals surface area contributed by atoms with Crippen molar-refractivity contribution in [2.24, 2.45) is 0 Å². The molecule has 6 heteroatoms. The lowest BCUT2D eigenvalue weighted by Gasteiger charge is -2.34. The number of carbonyl (C=O) groups is 1. The summed E-state index contributed by atoms with van der Waals surface area (Å²) in [6.07, 6.45) is 8.77. The van der Waals surface area contributed by atoms with Gasteiger partial charge in [0.2, 0.25) is 5.91 Å². The molecule has 0 unspecified atom stereocenters. The van der Waals surface area contributed by atoms with E-state index in [0.717, 1.165) is 58.7 Å². The monoisotopic (exact) mass is 431 g/mol. The summed E-state index contributed by atoms with van der Waals surface area (Å²) in [6.45, 7) is 2.65. The highest BCUT2D eigenvalue weighted by Gasteiger charge is 2.35. The molecule has 1 aliphatic heterocycles. The molecule has 0 spiro atoms. The zero-order chi connectivity index (χ0) is 22.2. The number of hydrogen-bond donors (Lipinski definition) is 0. The normalized spacial score (nSPS) is 19.5. The Labute approximate surface area is 187 Å². The van der Waals surface area contributed by atoms with Crippen molar-refractivity contribution in [1.29, 1.82) is 0 Å². The molecule has 1 fully saturated rings. The van der Waals surface area contributed by atoms with Crippen LogP contribution >= 0.6 is 0 Å². The van der Waals surface area contributed by atoms with Gasteiger partial charge in [0.1, 0.15) is 11.6 Å². The minimum Gasteiger partial charge on any atom is -0.495 e. The number of rotatable bonds is 4. The van der Waals surface area contributed by atoms with E-state index in [4.69, 9.17) is 4.74 Å². The van der Waals surface area contributed by atoms with E-state index < -0.39 is 0 Å². The molecule has 1 atom stereocenters. The maximum atomic E-state index is 14.2. The summed E-state index contributed by atoms with van der Waals surface area (Å²) in [5.74, 6) is 0.606. The third-order valence-electron chi connectivity index (χ3n) is 6.47. The van der Waals surface area contributed by atoms with Crippen molar-refractivity contribution >= 4 is 12.0 Å². The molecule has 0 saturated carbocycles. The third kappa shape index (κ3) is 3.60. The number of hydrogen-bond acceptors (Lipinski definition) is 3. The molecule has 1 amide bonds. The predicted molar refractivity (Wildman–Crippen MR) is 121 cm³/mol. The zero-order valence-electron chi connectivity index (χ0n) is 18.3. The van der Waals surface area contributed by atoms with Crippen LogP contribution in [0.25, 0.3) is 11.8 Å². The van der Waals surface area contributed by atoms with Crippen LogP contribution in [0.15, 0.2) is 54.5 Å². The number of halogens is 1. The fraction of sp³-hybridized carbons (Fsp3) is 0.308. The number of carbonyl (C=O) groups excluding carboxylic acids is 1. The Kier molecular flexibility index (Phi) is 5.29. The number of imidazole rings is 1. The maximum absolute atomic E-state index is 14.2. The van der Waals surface area contributed by atoms with Gasteiger partial charge in [-0.05, 0) is 73.6 Å². The van der Waals surface area contributed by atoms with Crippen molar-refractivity contribution < 1.29 is 13.9 Å². The topological polar surface area (TPSA) is 47.4 Å². The maximum Gasteiger partial charge on any atom is 0.250 e. The lowest BCUT2D eigenvalue weighted by Crippen LogP contribution is -2.39. The highest BCUT2D eigenvalue weighted by atomic mass is 19.1. The number of aryl methyl sites for hydroxylation is 1. The molecule has 5 rings (SSSR count). The SMILES string of the molecule is COc1cc(/C=C2\CCCN([C@@H]3CCc4c(F)cccc43)C2=O)ccc1-n1cnc(C)c1. The molecular formula is C26H26FN3O2. The molecule has 1 aliphatic carbocycles. The second-order valence-corrected chi connectivity index (χ2v) is 8.49. The van der Waals surface area contributed by atoms with Gasteiger partial charge in [0.25, 0.3) is 0 Å². The van der Waals surface area contributed by atoms with Gasteiger partial charge in [-0.1, -0.05) is 18.2 Å². The minimum atomic E-state index is -0.162. The highest BCUT2D eigenvalue weighted by molar-refractivity contribution is 5.99. The lowest BCUT2D eigenvalue weighted by atomic mass is 9.97. The summed E-state index contributed by atoms with van der Waals surface area (Å²) in [4.78, 5) is 19.6. The van der Waals surface area contributed by atoms with Crippen molar-refractivity contribution in [2.45, 2.75) is 38.6 Å². The highest BCUT2D eigenvalue weighted by Crippen LogP contribution is 2.39. The predicted octanol–water partition coefficient (Wildman–Crippen LogP) is 5.02. The van der Waals surface area contributed by atoms with Crippen LogP contribution in [-0.2, 0) is 11.2 Å². The third-order valence-corrected chi connectivity index (χ3v) is 6.47. The minimum absolute atomic E-state index is 0.0432. The van der Waals surface area contributed by atoms with E-state index in [0.29, 0.717) is 13.0 Å². The Hall–Kier alpha value is -3.41. The zero-order valence-corrected chi connectivity index (χ0v) is 18.3. The number of amides is 1. The molecule has 164 valence electrons. The smallest absolute Gasteiger partial charge is 0.250 e. The van der Waals surface area contributed by atoms with Gasteiger partial charge in [0.15, 0.2) is 0 Å². The van der Waals surface area contributed by atoms with Crippen LogP contribution in [0.5, 0.6) is 5.75 Å². The van der Waals surface area contributed by atoms with E-state index in [-0.39, 0.29) is 17.8 Å². The number of nitrogens with zero attached hydrogens (tertiary/aromatic N) is 3. The molecule has 3 aromatic rings. The molecule has 5 nitrogen and oxygen atoms in total. The second kappa shape index (κ2) is 8.26. The van der Waals surface area contributed by atoms with Gasteiger partial charge < -0.3 is 14.2 Å². The van der Waals surface area contributed by atoms with Gasteiger partial charge in [-0.15, -0.1) is 0 Å². The van der Waals surface area contributed by atoms with Gasteiger partial charge in [0.05, 0.1) is 30.9 Å². The molecule has 0 N–H and O–H groups in total. The number of methoxy groups -OCH3 is 1. The quantitative estimate of drug-likeness (QED) is 0.545. The number of likely N-dealkylation sites (tertiary alicyclic amines) is 1. The number of piperidine rings is 1. The average Bonchev–Trinajstić information content (AvgIpc) is 3.42. The van der Waals surface area contributed by atoms with Crippen molar-refractivity contribution in [2.75, 3.05) is 13.7 Å². The molecule has 1 aromatic heterocycles. The largest absolute Gasteiger partial charge is 0.495 e. The first kappa shape index (κ1) is 20.5. The van der Waals surface area contributed by atoms with Gasteiger partial charge in [-0.3, -0.25) is 4.79 Å². The molecular weight excluding hydrogens is 405 g/mol. The summed E-state index contributed by atoms with van der Waals surface area (Å²) in [5.41, 5.74) is 5.26. The molecule has 1 saturated heterocycles. The summed E-state index contributed by atoms with van der Waals surface area (Å²) < 4.78 is 21.7. The van der Waals surface area contributed by atoms with Gasteiger partial charge in [-0.2, -0.15) is 0 Å². The van der Waals surface area contributed by atoms with Crippen LogP contribution in [-0.4, -0.2) is 34.0 Å². The Bertz CT molecular complexity index is 1210. The van der Waals surface area contributed by atoms with Gasteiger partial charge >= 0.3 is 0 Å². The fourth-order valence-electron chi connectivity index (χ4n) is 4.93. The molecule has 0 radical (unpaired) electrons. The van der Waals surface area contributed by atoms with E-state index >= 15 is 0 Å². The van der Waals surface area contributed by atoms with Crippen molar-refractivity contribution in [3.8, 4) is 11.4 Å². The van der Waals surface area contributed by atoms with Crippen LogP contribution in [0.4, 0.5) is 4.39 Å². The first-order valence-electron chi connectivity index (χ1n) is 11.0. The molecule has 2 aromatic carbocycles. The first-order chi connectivity index (χ1) is 15.5. The van der Waals surface area contributed by atoms with Crippen molar-refractivity contribution in [1.82, 2.24) is 14.5 Å². The summed E-state index contributed by atoms with van der Waals surface area (Å²) >= 11 is 0. The van der Waals surface area contributed by atoms with E-state index in [1.807, 2.05) is 52.9 Å². The Balaban J connectivity index is 1.42. The number of aromatic nitrogens is 2. The van der Waals surface area contributed by atoms with Crippen LogP contribution in [0.3, 0.4) is 0 Å². The Morgan fingerprint density at radius 1 is 1.22 bits per heavy atom. The van der Waals surface area contributed by atoms with Crippen molar-refractivity contribution in [3.63, 3.8) is 0 Å². The van der Waals surface area contributed by atoms with Crippen LogP contribution < -0.4 is 4.74 Å². The van der Waals surface area contributed by atoms with Crippen LogP contribution in [0, 0.1) is 12.7 Å². The first-order valence-corrected chi connectivity index (χ1v) is 11.0. The van der Waals surface area contributed by atoms with Crippen LogP contribution in [0.1, 0.15) is 47.7 Å². The fourth-order valence-corrected chi connectivity index (χ4v) is 4.93. The van der Waals surface area contributed by atoms with E-state index in [2.05, 4.69) is 4.98 Å². The number of ether oxygens (including phenoxy) is 1. The van der Waals surface area contributed by atoms with E-state index in [1.54, 1.807) is 19.5 Å². The molecule has 2 aliphatic rings. The Morgan fingerprint density at radius 2 is 2.09 bits per heavy atom. The van der Waals surface area contributed by atoms with E-state index in [9.17, 15) is 9.18 Å². The summed E-state index contributed by atoms with van der Waals surface area (Å²) in [7, 11) is 1.64. The molecule has 2 heterocycles. The van der Waals surface area contributed by atoms with Crippen LogP contribution in [0.2, 0.25) is 0 Å². The lowest BCUT2D eigenvalue weighted by molar-refractivity contribution is -0.131. The van der Waals surface area contributed by atoms with E-state index in [1.165, 1.54) is 6.07 Å². The summed E-state index contributed by atoms with van der Waals surface area (Å²) in [6, 6.07) is 11.1. The average molecular weight is 432 g/mol. The van der Waals surface area contributed by atoms with Gasteiger partial charge in [-0.25, -0.2) is 9.37 Å². The Morgan fingerprint density at radius 3 is 2.88 bits per heavy atom. The van der Waals surface area contributed by atoms with Crippen molar-refractivity contribution in [3.05, 3.63) is 82.7 Å². The van der Waals surface area contributed by atoms with Gasteiger partial charge in [0, 0.05) is 18.3 Å².